The highest BCUT2D eigenvalue weighted by Crippen LogP contribution is 1.96. The first-order valence-electron chi connectivity index (χ1n) is 3.46. The highest BCUT2D eigenvalue weighted by molar-refractivity contribution is 6.17. The molecule has 3 nitrogen and oxygen atoms in total. The number of hydrogen-bond acceptors (Lipinski definition) is 1. The molecular weight excluding hydrogens is 176 g/mol. The maximum absolute atomic E-state index is 10.8. The first-order chi connectivity index (χ1) is 5.81. The molecule has 0 fully saturated rings. The number of hydrogen-bond donors (Lipinski definition) is 0. The van der Waals surface area contributed by atoms with Gasteiger partial charge in [-0.1, -0.05) is 12.1 Å². The molecule has 60 valence electrons. The first kappa shape index (κ1) is 7.43. The van der Waals surface area contributed by atoms with Crippen molar-refractivity contribution in [2.45, 2.75) is 5.88 Å². The van der Waals surface area contributed by atoms with Gasteiger partial charge in [0.2, 0.25) is 0 Å². The lowest BCUT2D eigenvalue weighted by Gasteiger charge is -1.90. The van der Waals surface area contributed by atoms with Crippen molar-refractivity contribution in [3.63, 3.8) is 0 Å². The van der Waals surface area contributed by atoms with E-state index in [1.165, 1.54) is 0 Å². The fourth-order valence-electron chi connectivity index (χ4n) is 1.13. The zero-order valence-corrected chi connectivity index (χ0v) is 6.88. The van der Waals surface area contributed by atoms with E-state index < -0.39 is 6.03 Å². The van der Waals surface area contributed by atoms with Gasteiger partial charge in [-0.15, -0.1) is 11.6 Å². The van der Waals surface area contributed by atoms with Crippen LogP contribution in [0.25, 0.3) is 0 Å². The van der Waals surface area contributed by atoms with E-state index in [2.05, 4.69) is 9.98 Å². The predicted molar refractivity (Wildman–Crippen MR) is 43.7 cm³/mol. The van der Waals surface area contributed by atoms with Gasteiger partial charge in [0.05, 0.1) is 10.7 Å². The third-order valence-corrected chi connectivity index (χ3v) is 1.95. The molecule has 4 heteroatoms. The highest BCUT2D eigenvalue weighted by Gasteiger charge is 2.06. The minimum Gasteiger partial charge on any atom is -0.244 e. The normalized spacial score (nSPS) is 13.6. The molecule has 1 aliphatic rings. The zero-order valence-electron chi connectivity index (χ0n) is 6.12. The van der Waals surface area contributed by atoms with Crippen LogP contribution in [0.15, 0.2) is 28.2 Å². The number of rotatable bonds is 1. The maximum atomic E-state index is 10.8. The lowest BCUT2D eigenvalue weighted by molar-refractivity contribution is 0.256. The Bertz CT molecular complexity index is 453. The van der Waals surface area contributed by atoms with Crippen molar-refractivity contribution in [2.24, 2.45) is 9.98 Å². The summed E-state index contributed by atoms with van der Waals surface area (Å²) in [5.41, 5.74) is 0.851. The quantitative estimate of drug-likeness (QED) is 0.590. The molecule has 0 aromatic heterocycles. The van der Waals surface area contributed by atoms with Crippen LogP contribution in [0.3, 0.4) is 0 Å². The van der Waals surface area contributed by atoms with Crippen molar-refractivity contribution in [2.75, 3.05) is 0 Å². The van der Waals surface area contributed by atoms with E-state index in [0.717, 1.165) is 5.56 Å². The van der Waals surface area contributed by atoms with Gasteiger partial charge >= 0.3 is 6.03 Å². The SMILES string of the molecule is O=C1N=c2cccc(CCl)c2=N1. The molecule has 0 unspecified atom stereocenters. The number of fused-ring (bicyclic) bond motifs is 1. The average molecular weight is 181 g/mol. The second-order valence-electron chi connectivity index (χ2n) is 2.42. The summed E-state index contributed by atoms with van der Waals surface area (Å²) in [5, 5.41) is 1.25. The lowest BCUT2D eigenvalue weighted by atomic mass is 10.2. The molecule has 0 N–H and O–H groups in total. The van der Waals surface area contributed by atoms with Gasteiger partial charge in [-0.05, 0) is 11.6 Å². The Balaban J connectivity index is 2.84. The number of amides is 2. The molecule has 1 heterocycles. The number of carbonyl (C=O) groups excluding carboxylic acids is 1. The van der Waals surface area contributed by atoms with Crippen LogP contribution in [0, 0.1) is 0 Å². The second kappa shape index (κ2) is 2.68. The molecule has 2 amide bonds. The van der Waals surface area contributed by atoms with E-state index in [4.69, 9.17) is 11.6 Å². The van der Waals surface area contributed by atoms with Crippen LogP contribution >= 0.6 is 11.6 Å². The van der Waals surface area contributed by atoms with Crippen molar-refractivity contribution >= 4 is 17.6 Å². The van der Waals surface area contributed by atoms with Crippen LogP contribution in [0.1, 0.15) is 5.56 Å². The van der Waals surface area contributed by atoms with Crippen molar-refractivity contribution < 1.29 is 4.79 Å². The Morgan fingerprint density at radius 2 is 2.17 bits per heavy atom. The summed E-state index contributed by atoms with van der Waals surface area (Å²) in [5.74, 6) is 0.357. The number of benzene rings is 1. The standard InChI is InChI=1S/C8H5ClN2O/c9-4-5-2-1-3-6-7(5)11-8(12)10-6/h1-3H,4H2. The molecular formula is C8H5ClN2O. The zero-order chi connectivity index (χ0) is 8.55. The van der Waals surface area contributed by atoms with Gasteiger partial charge in [0.1, 0.15) is 0 Å². The summed E-state index contributed by atoms with van der Waals surface area (Å²) in [6.45, 7) is 0. The van der Waals surface area contributed by atoms with Gasteiger partial charge in [0.15, 0.2) is 0 Å². The van der Waals surface area contributed by atoms with Crippen LogP contribution in [0.4, 0.5) is 4.79 Å². The molecule has 0 atom stereocenters. The van der Waals surface area contributed by atoms with E-state index in [9.17, 15) is 4.79 Å². The highest BCUT2D eigenvalue weighted by atomic mass is 35.5. The van der Waals surface area contributed by atoms with Gasteiger partial charge in [-0.3, -0.25) is 0 Å². The van der Waals surface area contributed by atoms with Crippen LogP contribution in [-0.2, 0) is 5.88 Å². The third-order valence-electron chi connectivity index (χ3n) is 1.67. The van der Waals surface area contributed by atoms with Crippen LogP contribution < -0.4 is 10.7 Å². The molecule has 1 aromatic carbocycles. The van der Waals surface area contributed by atoms with Gasteiger partial charge < -0.3 is 0 Å². The number of alkyl halides is 1. The van der Waals surface area contributed by atoms with E-state index in [1.54, 1.807) is 6.07 Å². The van der Waals surface area contributed by atoms with Crippen molar-refractivity contribution in [3.05, 3.63) is 34.5 Å². The van der Waals surface area contributed by atoms with E-state index >= 15 is 0 Å². The van der Waals surface area contributed by atoms with Crippen LogP contribution in [-0.4, -0.2) is 6.03 Å². The molecule has 0 saturated heterocycles. The minimum atomic E-state index is -0.442. The fourth-order valence-corrected chi connectivity index (χ4v) is 1.34. The Kier molecular flexibility index (Phi) is 1.66. The summed E-state index contributed by atoms with van der Waals surface area (Å²) in [6.07, 6.45) is 0. The number of para-hydroxylation sites is 1. The van der Waals surface area contributed by atoms with Crippen molar-refractivity contribution in [1.29, 1.82) is 0 Å². The minimum absolute atomic E-state index is 0.357. The monoisotopic (exact) mass is 180 g/mol. The predicted octanol–water partition coefficient (Wildman–Crippen LogP) is 0.798. The molecule has 2 rings (SSSR count). The van der Waals surface area contributed by atoms with E-state index in [0.29, 0.717) is 16.6 Å². The molecule has 1 aromatic rings. The molecule has 0 radical (unpaired) electrons. The molecule has 0 spiro atoms. The summed E-state index contributed by atoms with van der Waals surface area (Å²) in [6, 6.07) is 4.96. The van der Waals surface area contributed by atoms with Crippen LogP contribution in [0.5, 0.6) is 0 Å². The Labute approximate surface area is 73.4 Å². The topological polar surface area (TPSA) is 41.8 Å². The van der Waals surface area contributed by atoms with Gasteiger partial charge in [-0.25, -0.2) is 4.79 Å². The van der Waals surface area contributed by atoms with Gasteiger partial charge in [-0.2, -0.15) is 9.98 Å². The number of halogens is 1. The fraction of sp³-hybridized carbons (Fsp3) is 0.125. The average Bonchev–Trinajstić information content (AvgIpc) is 2.44. The summed E-state index contributed by atoms with van der Waals surface area (Å²) < 4.78 is 0. The van der Waals surface area contributed by atoms with Crippen molar-refractivity contribution in [1.82, 2.24) is 0 Å². The Morgan fingerprint density at radius 1 is 1.33 bits per heavy atom. The van der Waals surface area contributed by atoms with E-state index in [-0.39, 0.29) is 0 Å². The number of nitrogens with zero attached hydrogens (tertiary/aromatic N) is 2. The Morgan fingerprint density at radius 3 is 2.92 bits per heavy atom. The number of carbonyl (C=O) groups is 1. The Hall–Kier alpha value is -1.22. The lowest BCUT2D eigenvalue weighted by Crippen LogP contribution is -2.24. The van der Waals surface area contributed by atoms with E-state index in [1.807, 2.05) is 12.1 Å². The third kappa shape index (κ3) is 1.02. The van der Waals surface area contributed by atoms with Gasteiger partial charge in [0.25, 0.3) is 0 Å². The molecule has 12 heavy (non-hydrogen) atoms. The van der Waals surface area contributed by atoms with Crippen molar-refractivity contribution in [3.8, 4) is 0 Å². The molecule has 1 aliphatic heterocycles. The smallest absolute Gasteiger partial charge is 0.244 e. The molecule has 0 saturated carbocycles. The second-order valence-corrected chi connectivity index (χ2v) is 2.69. The maximum Gasteiger partial charge on any atom is 0.368 e. The van der Waals surface area contributed by atoms with Gasteiger partial charge in [0, 0.05) is 5.88 Å². The number of urea groups is 1. The largest absolute Gasteiger partial charge is 0.368 e. The summed E-state index contributed by atoms with van der Waals surface area (Å²) in [4.78, 5) is 18.2. The molecule has 0 bridgehead atoms. The van der Waals surface area contributed by atoms with Crippen LogP contribution in [0.2, 0.25) is 0 Å². The molecule has 0 aliphatic carbocycles. The summed E-state index contributed by atoms with van der Waals surface area (Å²) in [7, 11) is 0. The summed E-state index contributed by atoms with van der Waals surface area (Å²) >= 11 is 5.65. The first-order valence-corrected chi connectivity index (χ1v) is 4.00.